The summed E-state index contributed by atoms with van der Waals surface area (Å²) >= 11 is 1.36. The Hall–Kier alpha value is -2.64. The maximum Gasteiger partial charge on any atom is 0.251 e. The highest BCUT2D eigenvalue weighted by Crippen LogP contribution is 2.31. The van der Waals surface area contributed by atoms with Gasteiger partial charge in [0.1, 0.15) is 11.0 Å². The lowest BCUT2D eigenvalue weighted by molar-refractivity contribution is 0.0953. The van der Waals surface area contributed by atoms with Gasteiger partial charge in [0.2, 0.25) is 0 Å². The maximum atomic E-state index is 13.1. The average Bonchev–Trinajstić information content (AvgIpc) is 3.23. The van der Waals surface area contributed by atoms with E-state index in [2.05, 4.69) is 5.32 Å². The molecule has 1 aromatic heterocycles. The molecule has 0 fully saturated rings. The van der Waals surface area contributed by atoms with Gasteiger partial charge in [-0.1, -0.05) is 24.3 Å². The molecule has 27 heavy (non-hydrogen) atoms. The van der Waals surface area contributed by atoms with Crippen LogP contribution in [0.3, 0.4) is 0 Å². The minimum absolute atomic E-state index is 0.0113. The van der Waals surface area contributed by atoms with Crippen LogP contribution < -0.4 is 10.1 Å². The molecule has 0 aliphatic carbocycles. The van der Waals surface area contributed by atoms with Crippen molar-refractivity contribution >= 4 is 27.1 Å². The topological polar surface area (TPSA) is 72.5 Å². The molecule has 1 heterocycles. The number of hydrogen-bond donors (Lipinski definition) is 1. The molecule has 0 saturated carbocycles. The first-order chi connectivity index (χ1) is 13.0. The molecule has 0 spiro atoms. The molecule has 0 saturated heterocycles. The summed E-state index contributed by atoms with van der Waals surface area (Å²) in [6.07, 6.45) is 0. The van der Waals surface area contributed by atoms with Gasteiger partial charge in [-0.25, -0.2) is 8.42 Å². The molecular weight excluding hydrogens is 382 g/mol. The first-order valence-corrected chi connectivity index (χ1v) is 10.7. The number of hydrogen-bond acceptors (Lipinski definition) is 5. The van der Waals surface area contributed by atoms with Crippen LogP contribution in [0.4, 0.5) is 0 Å². The predicted octanol–water partition coefficient (Wildman–Crippen LogP) is 3.70. The van der Waals surface area contributed by atoms with Gasteiger partial charge in [-0.3, -0.25) is 4.79 Å². The number of methoxy groups -OCH3 is 1. The third-order valence-electron chi connectivity index (χ3n) is 4.11. The first-order valence-electron chi connectivity index (χ1n) is 8.27. The number of thiophene rings is 1. The Morgan fingerprint density at radius 3 is 2.33 bits per heavy atom. The third kappa shape index (κ3) is 4.37. The molecule has 0 aliphatic heterocycles. The Morgan fingerprint density at radius 1 is 1.04 bits per heavy atom. The minimum atomic E-state index is -3.64. The fraction of sp³-hybridized carbons (Fsp3) is 0.150. The fourth-order valence-electron chi connectivity index (χ4n) is 2.64. The lowest BCUT2D eigenvalue weighted by atomic mass is 10.2. The predicted molar refractivity (Wildman–Crippen MR) is 106 cm³/mol. The van der Waals surface area contributed by atoms with E-state index in [1.165, 1.54) is 11.3 Å². The number of benzene rings is 2. The highest BCUT2D eigenvalue weighted by molar-refractivity contribution is 7.91. The van der Waals surface area contributed by atoms with E-state index < -0.39 is 15.1 Å². The van der Waals surface area contributed by atoms with E-state index in [9.17, 15) is 13.2 Å². The summed E-state index contributed by atoms with van der Waals surface area (Å²) in [7, 11) is -2.09. The molecule has 7 heteroatoms. The SMILES string of the molecule is COc1ccc(C(=O)NCC(c2cccs2)S(=O)(=O)c2ccccc2)cc1. The van der Waals surface area contributed by atoms with Crippen LogP contribution in [-0.4, -0.2) is 28.0 Å². The zero-order valence-electron chi connectivity index (χ0n) is 14.7. The van der Waals surface area contributed by atoms with Crippen LogP contribution in [-0.2, 0) is 9.84 Å². The van der Waals surface area contributed by atoms with Crippen LogP contribution in [0.1, 0.15) is 20.5 Å². The lowest BCUT2D eigenvalue weighted by Crippen LogP contribution is -2.31. The normalized spacial score (nSPS) is 12.3. The number of ether oxygens (including phenoxy) is 1. The van der Waals surface area contributed by atoms with Gasteiger partial charge < -0.3 is 10.1 Å². The van der Waals surface area contributed by atoms with Crippen LogP contribution in [0.5, 0.6) is 5.75 Å². The molecule has 3 rings (SSSR count). The third-order valence-corrected chi connectivity index (χ3v) is 7.34. The molecule has 5 nitrogen and oxygen atoms in total. The van der Waals surface area contributed by atoms with Crippen LogP contribution in [0.15, 0.2) is 77.0 Å². The van der Waals surface area contributed by atoms with Crippen LogP contribution in [0.2, 0.25) is 0 Å². The summed E-state index contributed by atoms with van der Waals surface area (Å²) in [5, 5.41) is 3.73. The van der Waals surface area contributed by atoms with Gasteiger partial charge in [-0.2, -0.15) is 0 Å². The highest BCUT2D eigenvalue weighted by Gasteiger charge is 2.30. The lowest BCUT2D eigenvalue weighted by Gasteiger charge is -2.17. The molecule has 2 aromatic carbocycles. The van der Waals surface area contributed by atoms with Crippen molar-refractivity contribution in [3.05, 3.63) is 82.6 Å². The second-order valence-electron chi connectivity index (χ2n) is 5.80. The van der Waals surface area contributed by atoms with Crippen molar-refractivity contribution in [1.82, 2.24) is 5.32 Å². The summed E-state index contributed by atoms with van der Waals surface area (Å²) in [4.78, 5) is 13.4. The molecule has 3 aromatic rings. The Morgan fingerprint density at radius 2 is 1.74 bits per heavy atom. The standard InChI is InChI=1S/C20H19NO4S2/c1-25-16-11-9-15(10-12-16)20(22)21-14-19(18-8-5-13-26-18)27(23,24)17-6-3-2-4-7-17/h2-13,19H,14H2,1H3,(H,21,22). The second-order valence-corrected chi connectivity index (χ2v) is 8.91. The molecule has 1 N–H and O–H groups in total. The maximum absolute atomic E-state index is 13.1. The monoisotopic (exact) mass is 401 g/mol. The Balaban J connectivity index is 1.82. The molecule has 0 aliphatic rings. The summed E-state index contributed by atoms with van der Waals surface area (Å²) in [5.41, 5.74) is 0.442. The average molecular weight is 402 g/mol. The smallest absolute Gasteiger partial charge is 0.251 e. The Bertz CT molecular complexity index is 982. The van der Waals surface area contributed by atoms with Crippen molar-refractivity contribution in [1.29, 1.82) is 0 Å². The zero-order valence-corrected chi connectivity index (χ0v) is 16.3. The molecular formula is C20H19NO4S2. The van der Waals surface area contributed by atoms with E-state index in [1.54, 1.807) is 73.8 Å². The van der Waals surface area contributed by atoms with Gasteiger partial charge >= 0.3 is 0 Å². The van der Waals surface area contributed by atoms with Crippen LogP contribution in [0, 0.1) is 0 Å². The number of sulfone groups is 1. The molecule has 0 radical (unpaired) electrons. The summed E-state index contributed by atoms with van der Waals surface area (Å²) in [6.45, 7) is -0.0113. The fourth-order valence-corrected chi connectivity index (χ4v) is 5.45. The van der Waals surface area contributed by atoms with E-state index in [4.69, 9.17) is 4.74 Å². The summed E-state index contributed by atoms with van der Waals surface area (Å²) < 4.78 is 31.3. The van der Waals surface area contributed by atoms with E-state index in [-0.39, 0.29) is 17.3 Å². The largest absolute Gasteiger partial charge is 0.497 e. The van der Waals surface area contributed by atoms with E-state index in [0.717, 1.165) is 0 Å². The van der Waals surface area contributed by atoms with Crippen molar-refractivity contribution in [2.24, 2.45) is 0 Å². The van der Waals surface area contributed by atoms with Crippen LogP contribution in [0.25, 0.3) is 0 Å². The van der Waals surface area contributed by atoms with Gasteiger partial charge in [0.05, 0.1) is 12.0 Å². The van der Waals surface area contributed by atoms with Gasteiger partial charge in [-0.05, 0) is 47.8 Å². The first kappa shape index (κ1) is 19.1. The van der Waals surface area contributed by atoms with Crippen molar-refractivity contribution in [3.63, 3.8) is 0 Å². The number of carbonyl (C=O) groups excluding carboxylic acids is 1. The number of rotatable bonds is 7. The molecule has 140 valence electrons. The Kier molecular flexibility index (Phi) is 5.93. The van der Waals surface area contributed by atoms with E-state index in [0.29, 0.717) is 16.2 Å². The highest BCUT2D eigenvalue weighted by atomic mass is 32.2. The van der Waals surface area contributed by atoms with Gasteiger partial charge in [0, 0.05) is 17.0 Å². The molecule has 1 atom stereocenters. The number of carbonyl (C=O) groups is 1. The minimum Gasteiger partial charge on any atom is -0.497 e. The second kappa shape index (κ2) is 8.37. The van der Waals surface area contributed by atoms with Gasteiger partial charge in [-0.15, -0.1) is 11.3 Å². The van der Waals surface area contributed by atoms with Gasteiger partial charge in [0.25, 0.3) is 5.91 Å². The summed E-state index contributed by atoms with van der Waals surface area (Å²) in [5.74, 6) is 0.317. The molecule has 1 amide bonds. The van der Waals surface area contributed by atoms with Crippen molar-refractivity contribution in [2.45, 2.75) is 10.1 Å². The van der Waals surface area contributed by atoms with E-state index in [1.807, 2.05) is 5.38 Å². The van der Waals surface area contributed by atoms with Crippen molar-refractivity contribution in [2.75, 3.05) is 13.7 Å². The number of nitrogens with one attached hydrogen (secondary N) is 1. The van der Waals surface area contributed by atoms with Crippen molar-refractivity contribution < 1.29 is 17.9 Å². The van der Waals surface area contributed by atoms with E-state index >= 15 is 0 Å². The molecule has 0 bridgehead atoms. The van der Waals surface area contributed by atoms with Gasteiger partial charge in [0.15, 0.2) is 9.84 Å². The van der Waals surface area contributed by atoms with Crippen molar-refractivity contribution in [3.8, 4) is 5.75 Å². The quantitative estimate of drug-likeness (QED) is 0.655. The summed E-state index contributed by atoms with van der Waals surface area (Å²) in [6, 6.07) is 18.5. The zero-order chi connectivity index (χ0) is 19.3. The number of amides is 1. The van der Waals surface area contributed by atoms with Crippen LogP contribution >= 0.6 is 11.3 Å². The molecule has 1 unspecified atom stereocenters. The Labute approximate surface area is 162 Å².